The monoisotopic (exact) mass is 381 g/mol. The number of carbonyl (C=O) groups excluding carboxylic acids is 1. The summed E-state index contributed by atoms with van der Waals surface area (Å²) in [5.74, 6) is 0.0727. The Morgan fingerprint density at radius 1 is 1.33 bits per heavy atom. The molecular weight excluding hydrogens is 366 g/mol. The summed E-state index contributed by atoms with van der Waals surface area (Å²) in [6, 6.07) is 8.35. The summed E-state index contributed by atoms with van der Waals surface area (Å²) in [4.78, 5) is 20.8. The first kappa shape index (κ1) is 18.4. The van der Waals surface area contributed by atoms with Gasteiger partial charge in [0.1, 0.15) is 6.04 Å². The standard InChI is InChI=1S/C18H16ClN7O/c1-2-13(7-20)24-17(27)12-5-3-11(4-6-12)16-15(19)10-21-18(26-16)25-14-8-22-23-9-14/h3-6,8-10,13H,2H2,1H3,(H,22,23)(H,24,27)(H,21,25,26). The van der Waals surface area contributed by atoms with E-state index in [2.05, 4.69) is 30.8 Å². The average Bonchev–Trinajstić information content (AvgIpc) is 3.20. The Morgan fingerprint density at radius 3 is 2.74 bits per heavy atom. The fraction of sp³-hybridized carbons (Fsp3) is 0.167. The fourth-order valence-electron chi connectivity index (χ4n) is 2.32. The van der Waals surface area contributed by atoms with Crippen LogP contribution in [0.3, 0.4) is 0 Å². The van der Waals surface area contributed by atoms with E-state index in [0.29, 0.717) is 28.6 Å². The Bertz CT molecular complexity index is 964. The van der Waals surface area contributed by atoms with Gasteiger partial charge in [0.25, 0.3) is 5.91 Å². The Kier molecular flexibility index (Phi) is 5.64. The van der Waals surface area contributed by atoms with Crippen LogP contribution in [0.1, 0.15) is 23.7 Å². The lowest BCUT2D eigenvalue weighted by Crippen LogP contribution is -2.33. The van der Waals surface area contributed by atoms with Crippen molar-refractivity contribution < 1.29 is 4.79 Å². The van der Waals surface area contributed by atoms with Crippen molar-refractivity contribution in [1.29, 1.82) is 5.26 Å². The summed E-state index contributed by atoms with van der Waals surface area (Å²) in [7, 11) is 0. The molecule has 1 unspecified atom stereocenters. The zero-order chi connectivity index (χ0) is 19.2. The predicted molar refractivity (Wildman–Crippen MR) is 102 cm³/mol. The summed E-state index contributed by atoms with van der Waals surface area (Å²) >= 11 is 6.23. The molecule has 2 aromatic heterocycles. The molecule has 3 N–H and O–H groups in total. The van der Waals surface area contributed by atoms with Crippen LogP contribution in [0.15, 0.2) is 42.9 Å². The number of halogens is 1. The van der Waals surface area contributed by atoms with Crippen molar-refractivity contribution in [3.05, 3.63) is 53.4 Å². The van der Waals surface area contributed by atoms with Gasteiger partial charge in [-0.15, -0.1) is 0 Å². The number of aromatic amines is 1. The molecule has 2 heterocycles. The molecule has 3 rings (SSSR count). The van der Waals surface area contributed by atoms with Crippen LogP contribution in [0.25, 0.3) is 11.3 Å². The molecule has 0 saturated carbocycles. The lowest BCUT2D eigenvalue weighted by atomic mass is 10.1. The molecule has 136 valence electrons. The predicted octanol–water partition coefficient (Wildman–Crippen LogP) is 3.30. The summed E-state index contributed by atoms with van der Waals surface area (Å²) in [5.41, 5.74) is 2.45. The van der Waals surface area contributed by atoms with E-state index >= 15 is 0 Å². The summed E-state index contributed by atoms with van der Waals surface area (Å²) < 4.78 is 0. The van der Waals surface area contributed by atoms with Gasteiger partial charge in [0.2, 0.25) is 5.95 Å². The first-order valence-electron chi connectivity index (χ1n) is 8.20. The van der Waals surface area contributed by atoms with Gasteiger partial charge >= 0.3 is 0 Å². The second-order valence-corrected chi connectivity index (χ2v) is 6.05. The van der Waals surface area contributed by atoms with Crippen LogP contribution in [0.4, 0.5) is 11.6 Å². The molecule has 8 nitrogen and oxygen atoms in total. The second-order valence-electron chi connectivity index (χ2n) is 5.64. The number of carbonyl (C=O) groups is 1. The maximum atomic E-state index is 12.2. The molecule has 3 aromatic rings. The molecule has 0 aliphatic rings. The van der Waals surface area contributed by atoms with Crippen LogP contribution >= 0.6 is 11.6 Å². The molecule has 1 atom stereocenters. The van der Waals surface area contributed by atoms with E-state index in [4.69, 9.17) is 16.9 Å². The second kappa shape index (κ2) is 8.29. The first-order valence-corrected chi connectivity index (χ1v) is 8.57. The lowest BCUT2D eigenvalue weighted by molar-refractivity contribution is 0.0944. The van der Waals surface area contributed by atoms with Crippen molar-refractivity contribution in [2.24, 2.45) is 0 Å². The van der Waals surface area contributed by atoms with Gasteiger partial charge in [-0.2, -0.15) is 10.4 Å². The summed E-state index contributed by atoms with van der Waals surface area (Å²) in [5, 5.41) is 21.6. The highest BCUT2D eigenvalue weighted by atomic mass is 35.5. The normalized spacial score (nSPS) is 11.4. The van der Waals surface area contributed by atoms with Gasteiger partial charge in [-0.1, -0.05) is 30.7 Å². The minimum absolute atomic E-state index is 0.300. The Morgan fingerprint density at radius 2 is 2.11 bits per heavy atom. The molecule has 9 heteroatoms. The average molecular weight is 382 g/mol. The molecule has 0 aliphatic carbocycles. The van der Waals surface area contributed by atoms with E-state index in [1.54, 1.807) is 36.7 Å². The van der Waals surface area contributed by atoms with Crippen molar-refractivity contribution in [3.63, 3.8) is 0 Å². The molecule has 27 heavy (non-hydrogen) atoms. The topological polar surface area (TPSA) is 119 Å². The molecule has 0 saturated heterocycles. The molecular formula is C18H16ClN7O. The van der Waals surface area contributed by atoms with Crippen molar-refractivity contribution in [1.82, 2.24) is 25.5 Å². The lowest BCUT2D eigenvalue weighted by Gasteiger charge is -2.10. The van der Waals surface area contributed by atoms with Gasteiger partial charge in [-0.05, 0) is 18.6 Å². The molecule has 0 spiro atoms. The van der Waals surface area contributed by atoms with Gasteiger partial charge in [0.15, 0.2) is 0 Å². The number of amides is 1. The summed E-state index contributed by atoms with van der Waals surface area (Å²) in [6.45, 7) is 1.84. The third-order valence-electron chi connectivity index (χ3n) is 3.79. The number of nitriles is 1. The minimum Gasteiger partial charge on any atom is -0.336 e. The Hall–Kier alpha value is -3.44. The fourth-order valence-corrected chi connectivity index (χ4v) is 2.52. The van der Waals surface area contributed by atoms with Crippen LogP contribution in [-0.4, -0.2) is 32.1 Å². The number of rotatable bonds is 6. The van der Waals surface area contributed by atoms with E-state index in [-0.39, 0.29) is 5.91 Å². The molecule has 0 aliphatic heterocycles. The number of hydrogen-bond acceptors (Lipinski definition) is 6. The van der Waals surface area contributed by atoms with Crippen molar-refractivity contribution in [2.75, 3.05) is 5.32 Å². The highest BCUT2D eigenvalue weighted by molar-refractivity contribution is 6.32. The Balaban J connectivity index is 1.80. The maximum absolute atomic E-state index is 12.2. The third-order valence-corrected chi connectivity index (χ3v) is 4.07. The van der Waals surface area contributed by atoms with Crippen molar-refractivity contribution in [2.45, 2.75) is 19.4 Å². The Labute approximate surface area is 160 Å². The quantitative estimate of drug-likeness (QED) is 0.602. The van der Waals surface area contributed by atoms with Crippen molar-refractivity contribution in [3.8, 4) is 17.3 Å². The number of nitrogens with zero attached hydrogens (tertiary/aromatic N) is 4. The number of hydrogen-bond donors (Lipinski definition) is 3. The van der Waals surface area contributed by atoms with Crippen LogP contribution in [0.2, 0.25) is 5.02 Å². The number of anilines is 2. The van der Waals surface area contributed by atoms with Crippen LogP contribution < -0.4 is 10.6 Å². The van der Waals surface area contributed by atoms with Crippen LogP contribution in [0.5, 0.6) is 0 Å². The van der Waals surface area contributed by atoms with Gasteiger partial charge in [-0.25, -0.2) is 9.97 Å². The van der Waals surface area contributed by atoms with E-state index in [1.807, 2.05) is 13.0 Å². The highest BCUT2D eigenvalue weighted by Gasteiger charge is 2.13. The minimum atomic E-state index is -0.509. The number of benzene rings is 1. The smallest absolute Gasteiger partial charge is 0.252 e. The first-order chi connectivity index (χ1) is 13.1. The SMILES string of the molecule is CCC(C#N)NC(=O)c1ccc(-c2nc(Nc3cn[nH]c3)ncc2Cl)cc1. The number of aromatic nitrogens is 4. The van der Waals surface area contributed by atoms with Gasteiger partial charge in [0.05, 0.1) is 34.9 Å². The van der Waals surface area contributed by atoms with E-state index in [9.17, 15) is 4.79 Å². The van der Waals surface area contributed by atoms with E-state index < -0.39 is 6.04 Å². The van der Waals surface area contributed by atoms with Gasteiger partial charge in [-0.3, -0.25) is 9.89 Å². The molecule has 0 fully saturated rings. The highest BCUT2D eigenvalue weighted by Crippen LogP contribution is 2.27. The van der Waals surface area contributed by atoms with Gasteiger partial charge in [0, 0.05) is 17.3 Å². The molecule has 0 radical (unpaired) electrons. The zero-order valence-electron chi connectivity index (χ0n) is 14.4. The van der Waals surface area contributed by atoms with Crippen molar-refractivity contribution >= 4 is 29.1 Å². The number of H-pyrrole nitrogens is 1. The van der Waals surface area contributed by atoms with Gasteiger partial charge < -0.3 is 10.6 Å². The molecule has 1 aromatic carbocycles. The molecule has 0 bridgehead atoms. The largest absolute Gasteiger partial charge is 0.336 e. The summed E-state index contributed by atoms with van der Waals surface area (Å²) in [6.07, 6.45) is 5.33. The van der Waals surface area contributed by atoms with E-state index in [0.717, 1.165) is 11.3 Å². The van der Waals surface area contributed by atoms with Crippen LogP contribution in [-0.2, 0) is 0 Å². The third kappa shape index (κ3) is 4.40. The van der Waals surface area contributed by atoms with E-state index in [1.165, 1.54) is 6.20 Å². The molecule has 1 amide bonds. The maximum Gasteiger partial charge on any atom is 0.252 e. The zero-order valence-corrected chi connectivity index (χ0v) is 15.2. The number of nitrogens with one attached hydrogen (secondary N) is 3. The van der Waals surface area contributed by atoms with Crippen LogP contribution in [0, 0.1) is 11.3 Å².